The minimum Gasteiger partial charge on any atom is -0.465 e. The second-order valence-corrected chi connectivity index (χ2v) is 7.75. The van der Waals surface area contributed by atoms with E-state index in [4.69, 9.17) is 4.74 Å². The summed E-state index contributed by atoms with van der Waals surface area (Å²) in [6.45, 7) is 2.07. The number of esters is 1. The van der Waals surface area contributed by atoms with Crippen molar-refractivity contribution in [3.63, 3.8) is 0 Å². The number of nitrogens with zero attached hydrogens (tertiary/aromatic N) is 2. The van der Waals surface area contributed by atoms with Gasteiger partial charge in [0, 0.05) is 11.3 Å². The van der Waals surface area contributed by atoms with Gasteiger partial charge in [-0.3, -0.25) is 9.89 Å². The average molecular weight is 380 g/mol. The van der Waals surface area contributed by atoms with Crippen LogP contribution < -0.4 is 5.32 Å². The molecule has 0 saturated heterocycles. The molecule has 2 heterocycles. The Morgan fingerprint density at radius 3 is 3.00 bits per heavy atom. The number of anilines is 1. The summed E-state index contributed by atoms with van der Waals surface area (Å²) < 4.78 is 4.88. The third-order valence-corrected chi connectivity index (χ3v) is 5.95. The number of carbonyl (C=O) groups is 2. The zero-order valence-corrected chi connectivity index (χ0v) is 15.8. The van der Waals surface area contributed by atoms with Crippen LogP contribution in [-0.4, -0.2) is 39.9 Å². The van der Waals surface area contributed by atoms with Gasteiger partial charge in [-0.05, 0) is 31.2 Å². The molecule has 2 aromatic heterocycles. The van der Waals surface area contributed by atoms with Crippen molar-refractivity contribution < 1.29 is 14.3 Å². The fourth-order valence-corrected chi connectivity index (χ4v) is 4.70. The third kappa shape index (κ3) is 4.04. The molecule has 2 N–H and O–H groups in total. The van der Waals surface area contributed by atoms with Crippen molar-refractivity contribution in [1.29, 1.82) is 0 Å². The number of aromatic nitrogens is 3. The van der Waals surface area contributed by atoms with Crippen molar-refractivity contribution in [1.82, 2.24) is 15.2 Å². The molecule has 1 aliphatic carbocycles. The molecule has 0 radical (unpaired) electrons. The van der Waals surface area contributed by atoms with E-state index in [1.807, 2.05) is 0 Å². The van der Waals surface area contributed by atoms with Gasteiger partial charge in [0.05, 0.1) is 18.4 Å². The van der Waals surface area contributed by atoms with E-state index < -0.39 is 0 Å². The molecule has 0 saturated carbocycles. The molecule has 3 rings (SSSR count). The lowest BCUT2D eigenvalue weighted by atomic mass is 10.1. The van der Waals surface area contributed by atoms with E-state index >= 15 is 0 Å². The molecular weight excluding hydrogens is 360 g/mol. The highest BCUT2D eigenvalue weighted by atomic mass is 32.2. The van der Waals surface area contributed by atoms with Gasteiger partial charge in [0.15, 0.2) is 0 Å². The standard InChI is InChI=1S/C16H20N4O3S2/c1-3-5-11-17-16(20-19-11)24-8-12(21)18-14-13(15(22)23-2)9-6-4-7-10(9)25-14/h3-8H2,1-2H3,(H,18,21)(H,17,19,20). The number of hydrogen-bond acceptors (Lipinski definition) is 7. The Kier molecular flexibility index (Phi) is 5.74. The molecule has 9 heteroatoms. The smallest absolute Gasteiger partial charge is 0.341 e. The van der Waals surface area contributed by atoms with Crippen LogP contribution in [0.25, 0.3) is 0 Å². The number of ether oxygens (including phenoxy) is 1. The molecule has 134 valence electrons. The van der Waals surface area contributed by atoms with Gasteiger partial charge in [0.1, 0.15) is 10.8 Å². The first kappa shape index (κ1) is 17.9. The summed E-state index contributed by atoms with van der Waals surface area (Å²) in [4.78, 5) is 29.8. The number of thioether (sulfide) groups is 1. The van der Waals surface area contributed by atoms with Crippen LogP contribution in [0.2, 0.25) is 0 Å². The van der Waals surface area contributed by atoms with E-state index in [0.29, 0.717) is 15.7 Å². The number of amides is 1. The van der Waals surface area contributed by atoms with Gasteiger partial charge in [-0.2, -0.15) is 0 Å². The number of H-pyrrole nitrogens is 1. The van der Waals surface area contributed by atoms with E-state index in [1.165, 1.54) is 35.1 Å². The first-order chi connectivity index (χ1) is 12.1. The van der Waals surface area contributed by atoms with E-state index in [1.54, 1.807) is 0 Å². The third-order valence-electron chi connectivity index (χ3n) is 3.89. The van der Waals surface area contributed by atoms with E-state index in [2.05, 4.69) is 27.4 Å². The predicted octanol–water partition coefficient (Wildman–Crippen LogP) is 2.82. The zero-order valence-electron chi connectivity index (χ0n) is 14.2. The number of aromatic amines is 1. The van der Waals surface area contributed by atoms with Crippen LogP contribution in [0.4, 0.5) is 5.00 Å². The molecule has 0 atom stereocenters. The van der Waals surface area contributed by atoms with E-state index in [-0.39, 0.29) is 17.6 Å². The maximum atomic E-state index is 12.3. The van der Waals surface area contributed by atoms with E-state index in [0.717, 1.165) is 43.5 Å². The average Bonchev–Trinajstić information content (AvgIpc) is 3.29. The summed E-state index contributed by atoms with van der Waals surface area (Å²) in [5, 5.41) is 10.9. The number of rotatable bonds is 7. The Balaban J connectivity index is 1.64. The summed E-state index contributed by atoms with van der Waals surface area (Å²) in [6.07, 6.45) is 4.67. The van der Waals surface area contributed by atoms with Crippen LogP contribution in [0.3, 0.4) is 0 Å². The summed E-state index contributed by atoms with van der Waals surface area (Å²) in [6, 6.07) is 0. The summed E-state index contributed by atoms with van der Waals surface area (Å²) in [5.74, 6) is 0.442. The van der Waals surface area contributed by atoms with Crippen molar-refractivity contribution >= 4 is 40.0 Å². The molecule has 7 nitrogen and oxygen atoms in total. The van der Waals surface area contributed by atoms with Gasteiger partial charge in [-0.25, -0.2) is 9.78 Å². The van der Waals surface area contributed by atoms with Crippen LogP contribution in [0.5, 0.6) is 0 Å². The van der Waals surface area contributed by atoms with Crippen molar-refractivity contribution in [2.75, 3.05) is 18.2 Å². The molecule has 1 aliphatic rings. The van der Waals surface area contributed by atoms with Crippen LogP contribution in [0, 0.1) is 0 Å². The normalized spacial score (nSPS) is 12.9. The second kappa shape index (κ2) is 8.01. The number of thiophene rings is 1. The number of nitrogens with one attached hydrogen (secondary N) is 2. The number of methoxy groups -OCH3 is 1. The van der Waals surface area contributed by atoms with Gasteiger partial charge in [0.2, 0.25) is 11.1 Å². The fourth-order valence-electron chi connectivity index (χ4n) is 2.79. The Bertz CT molecular complexity index is 784. The number of fused-ring (bicyclic) bond motifs is 1. The van der Waals surface area contributed by atoms with Gasteiger partial charge in [-0.1, -0.05) is 18.7 Å². The van der Waals surface area contributed by atoms with Gasteiger partial charge in [0.25, 0.3) is 0 Å². The molecule has 2 aromatic rings. The molecule has 0 aromatic carbocycles. The molecule has 0 unspecified atom stereocenters. The number of aryl methyl sites for hydroxylation is 2. The summed E-state index contributed by atoms with van der Waals surface area (Å²) in [7, 11) is 1.36. The molecule has 25 heavy (non-hydrogen) atoms. The molecule has 1 amide bonds. The van der Waals surface area contributed by atoms with Crippen LogP contribution >= 0.6 is 23.1 Å². The Hall–Kier alpha value is -1.87. The zero-order chi connectivity index (χ0) is 17.8. The summed E-state index contributed by atoms with van der Waals surface area (Å²) >= 11 is 2.74. The van der Waals surface area contributed by atoms with Crippen molar-refractivity contribution in [3.8, 4) is 0 Å². The number of hydrogen-bond donors (Lipinski definition) is 2. The largest absolute Gasteiger partial charge is 0.465 e. The van der Waals surface area contributed by atoms with Gasteiger partial charge >= 0.3 is 5.97 Å². The van der Waals surface area contributed by atoms with Crippen LogP contribution in [0.1, 0.15) is 46.4 Å². The SMILES string of the molecule is CCCc1nc(SCC(=O)Nc2sc3c(c2C(=O)OC)CCC3)n[nH]1. The van der Waals surface area contributed by atoms with Gasteiger partial charge in [-0.15, -0.1) is 16.4 Å². The number of carbonyl (C=O) groups excluding carboxylic acids is 2. The Morgan fingerprint density at radius 2 is 2.24 bits per heavy atom. The highest BCUT2D eigenvalue weighted by Gasteiger charge is 2.28. The molecule has 0 spiro atoms. The Labute approximate surface area is 153 Å². The minimum atomic E-state index is -0.388. The summed E-state index contributed by atoms with van der Waals surface area (Å²) in [5.41, 5.74) is 1.54. The lowest BCUT2D eigenvalue weighted by Crippen LogP contribution is -2.16. The van der Waals surface area contributed by atoms with Crippen molar-refractivity contribution in [3.05, 3.63) is 21.8 Å². The fraction of sp³-hybridized carbons (Fsp3) is 0.500. The van der Waals surface area contributed by atoms with Crippen LogP contribution in [-0.2, 0) is 28.8 Å². The topological polar surface area (TPSA) is 97.0 Å². The second-order valence-electron chi connectivity index (χ2n) is 5.70. The molecule has 0 aliphatic heterocycles. The predicted molar refractivity (Wildman–Crippen MR) is 97.4 cm³/mol. The molecule has 0 fully saturated rings. The highest BCUT2D eigenvalue weighted by molar-refractivity contribution is 7.99. The maximum absolute atomic E-state index is 12.3. The highest BCUT2D eigenvalue weighted by Crippen LogP contribution is 2.39. The molecular formula is C16H20N4O3S2. The van der Waals surface area contributed by atoms with Crippen LogP contribution in [0.15, 0.2) is 5.16 Å². The first-order valence-electron chi connectivity index (χ1n) is 8.19. The maximum Gasteiger partial charge on any atom is 0.341 e. The van der Waals surface area contributed by atoms with Crippen molar-refractivity contribution in [2.24, 2.45) is 0 Å². The quantitative estimate of drug-likeness (QED) is 0.566. The molecule has 0 bridgehead atoms. The first-order valence-corrected chi connectivity index (χ1v) is 9.99. The van der Waals surface area contributed by atoms with Gasteiger partial charge < -0.3 is 10.1 Å². The minimum absolute atomic E-state index is 0.183. The lowest BCUT2D eigenvalue weighted by molar-refractivity contribution is -0.113. The van der Waals surface area contributed by atoms with E-state index in [9.17, 15) is 9.59 Å². The Morgan fingerprint density at radius 1 is 1.40 bits per heavy atom. The monoisotopic (exact) mass is 380 g/mol. The van der Waals surface area contributed by atoms with Crippen molar-refractivity contribution in [2.45, 2.75) is 44.2 Å². The lowest BCUT2D eigenvalue weighted by Gasteiger charge is -2.06.